The summed E-state index contributed by atoms with van der Waals surface area (Å²) in [7, 11) is -3.51. The van der Waals surface area contributed by atoms with Crippen LogP contribution < -0.4 is 4.72 Å². The number of nitrogens with one attached hydrogen (secondary N) is 1. The third kappa shape index (κ3) is 3.47. The lowest BCUT2D eigenvalue weighted by molar-refractivity contribution is 0.584. The highest BCUT2D eigenvalue weighted by molar-refractivity contribution is 7.92. The molecule has 0 fully saturated rings. The molecule has 14 heavy (non-hydrogen) atoms. The van der Waals surface area contributed by atoms with Crippen LogP contribution in [-0.2, 0) is 10.0 Å². The molecule has 1 aromatic heterocycles. The van der Waals surface area contributed by atoms with E-state index in [1.807, 2.05) is 0 Å². The second-order valence-corrected chi connectivity index (χ2v) is 4.68. The Hall–Kier alpha value is -0.880. The van der Waals surface area contributed by atoms with Crippen molar-refractivity contribution in [2.45, 2.75) is 0 Å². The van der Waals surface area contributed by atoms with Gasteiger partial charge in [0.15, 0.2) is 0 Å². The van der Waals surface area contributed by atoms with E-state index in [9.17, 15) is 12.8 Å². The van der Waals surface area contributed by atoms with E-state index in [1.54, 1.807) is 0 Å². The minimum atomic E-state index is -3.51. The molecule has 0 unspecified atom stereocenters. The van der Waals surface area contributed by atoms with E-state index < -0.39 is 16.0 Å². The van der Waals surface area contributed by atoms with Crippen molar-refractivity contribution in [2.75, 3.05) is 16.4 Å². The fourth-order valence-electron chi connectivity index (χ4n) is 0.777. The normalized spacial score (nSPS) is 11.3. The van der Waals surface area contributed by atoms with Crippen molar-refractivity contribution in [3.05, 3.63) is 24.1 Å². The summed E-state index contributed by atoms with van der Waals surface area (Å²) in [5.74, 6) is -1.04. The van der Waals surface area contributed by atoms with Crippen LogP contribution in [0.4, 0.5) is 10.2 Å². The zero-order chi connectivity index (χ0) is 10.6. The van der Waals surface area contributed by atoms with Gasteiger partial charge < -0.3 is 0 Å². The molecule has 7 heteroatoms. The van der Waals surface area contributed by atoms with Gasteiger partial charge in [0.05, 0.1) is 5.75 Å². The average Bonchev–Trinajstić information content (AvgIpc) is 2.02. The number of hydrogen-bond acceptors (Lipinski definition) is 3. The summed E-state index contributed by atoms with van der Waals surface area (Å²) in [5, 5.41) is 0. The summed E-state index contributed by atoms with van der Waals surface area (Å²) in [4.78, 5) is 3.34. The Bertz CT molecular complexity index is 410. The third-order valence-electron chi connectivity index (χ3n) is 1.32. The average molecular weight is 239 g/mol. The standard InChI is InChI=1S/C7H8ClFN2O2S/c8-4-5-14(12,13)11-7-3-1-2-6(9)10-7/h1-3H,4-5H2,(H,10,11). The van der Waals surface area contributed by atoms with Crippen LogP contribution in [0.25, 0.3) is 0 Å². The highest BCUT2D eigenvalue weighted by Gasteiger charge is 2.09. The summed E-state index contributed by atoms with van der Waals surface area (Å²) >= 11 is 5.27. The number of aromatic nitrogens is 1. The monoisotopic (exact) mass is 238 g/mol. The molecule has 1 heterocycles. The number of pyridine rings is 1. The van der Waals surface area contributed by atoms with Crippen LogP contribution in [-0.4, -0.2) is 25.0 Å². The molecule has 1 aromatic rings. The first-order valence-corrected chi connectivity index (χ1v) is 5.91. The fourth-order valence-corrected chi connectivity index (χ4v) is 2.12. The van der Waals surface area contributed by atoms with Gasteiger partial charge in [-0.2, -0.15) is 4.39 Å². The summed E-state index contributed by atoms with van der Waals surface area (Å²) in [6.45, 7) is 0. The van der Waals surface area contributed by atoms with Gasteiger partial charge in [-0.05, 0) is 12.1 Å². The molecule has 0 amide bonds. The van der Waals surface area contributed by atoms with E-state index in [0.29, 0.717) is 0 Å². The molecule has 1 N–H and O–H groups in total. The minimum Gasteiger partial charge on any atom is -0.267 e. The largest absolute Gasteiger partial charge is 0.267 e. The van der Waals surface area contributed by atoms with Crippen LogP contribution in [0.3, 0.4) is 0 Å². The molecule has 1 rings (SSSR count). The summed E-state index contributed by atoms with van der Waals surface area (Å²) in [6.07, 6.45) is 0. The number of anilines is 1. The molecule has 0 aliphatic carbocycles. The van der Waals surface area contributed by atoms with E-state index in [0.717, 1.165) is 6.07 Å². The molecule has 4 nitrogen and oxygen atoms in total. The third-order valence-corrected chi connectivity index (χ3v) is 3.00. The van der Waals surface area contributed by atoms with Gasteiger partial charge >= 0.3 is 0 Å². The highest BCUT2D eigenvalue weighted by atomic mass is 35.5. The first kappa shape index (κ1) is 11.2. The zero-order valence-electron chi connectivity index (χ0n) is 7.07. The van der Waals surface area contributed by atoms with Crippen molar-refractivity contribution in [3.8, 4) is 0 Å². The van der Waals surface area contributed by atoms with Crippen LogP contribution >= 0.6 is 11.6 Å². The second kappa shape index (κ2) is 4.56. The Labute approximate surface area is 86.2 Å². The number of alkyl halides is 1. The lowest BCUT2D eigenvalue weighted by atomic mass is 10.5. The Morgan fingerprint density at radius 1 is 1.50 bits per heavy atom. The van der Waals surface area contributed by atoms with Gasteiger partial charge in [0.25, 0.3) is 0 Å². The second-order valence-electron chi connectivity index (χ2n) is 2.46. The first-order valence-electron chi connectivity index (χ1n) is 3.72. The maximum Gasteiger partial charge on any atom is 0.235 e. The lowest BCUT2D eigenvalue weighted by Gasteiger charge is -2.04. The van der Waals surface area contributed by atoms with Gasteiger partial charge in [-0.1, -0.05) is 6.07 Å². The smallest absolute Gasteiger partial charge is 0.235 e. The molecule has 0 saturated carbocycles. The topological polar surface area (TPSA) is 59.1 Å². The Morgan fingerprint density at radius 2 is 2.21 bits per heavy atom. The summed E-state index contributed by atoms with van der Waals surface area (Å²) in [6, 6.07) is 3.84. The van der Waals surface area contributed by atoms with E-state index in [1.165, 1.54) is 12.1 Å². The minimum absolute atomic E-state index is 0.0232. The molecular formula is C7H8ClFN2O2S. The van der Waals surface area contributed by atoms with Crippen LogP contribution in [0, 0.1) is 5.95 Å². The van der Waals surface area contributed by atoms with Crippen molar-refractivity contribution >= 4 is 27.4 Å². The number of halogens is 2. The molecule has 78 valence electrons. The summed E-state index contributed by atoms with van der Waals surface area (Å²) in [5.41, 5.74) is 0. The van der Waals surface area contributed by atoms with Gasteiger partial charge in [0, 0.05) is 5.88 Å². The lowest BCUT2D eigenvalue weighted by Crippen LogP contribution is -2.18. The van der Waals surface area contributed by atoms with Gasteiger partial charge in [0.2, 0.25) is 16.0 Å². The molecule has 0 aliphatic heterocycles. The first-order chi connectivity index (χ1) is 6.53. The van der Waals surface area contributed by atoms with Crippen LogP contribution in [0.15, 0.2) is 18.2 Å². The predicted molar refractivity (Wildman–Crippen MR) is 52.3 cm³/mol. The fraction of sp³-hybridized carbons (Fsp3) is 0.286. The van der Waals surface area contributed by atoms with Gasteiger partial charge in [-0.3, -0.25) is 4.72 Å². The van der Waals surface area contributed by atoms with Crippen molar-refractivity contribution in [1.29, 1.82) is 0 Å². The van der Waals surface area contributed by atoms with Crippen molar-refractivity contribution < 1.29 is 12.8 Å². The Morgan fingerprint density at radius 3 is 2.79 bits per heavy atom. The SMILES string of the molecule is O=S(=O)(CCCl)Nc1cccc(F)n1. The van der Waals surface area contributed by atoms with Crippen molar-refractivity contribution in [1.82, 2.24) is 4.98 Å². The molecular weight excluding hydrogens is 231 g/mol. The van der Waals surface area contributed by atoms with Crippen LogP contribution in [0.1, 0.15) is 0 Å². The van der Waals surface area contributed by atoms with E-state index in [2.05, 4.69) is 9.71 Å². The number of sulfonamides is 1. The highest BCUT2D eigenvalue weighted by Crippen LogP contribution is 2.06. The van der Waals surface area contributed by atoms with E-state index in [-0.39, 0.29) is 17.5 Å². The van der Waals surface area contributed by atoms with Gasteiger partial charge in [-0.25, -0.2) is 13.4 Å². The maximum atomic E-state index is 12.6. The quantitative estimate of drug-likeness (QED) is 0.634. The maximum absolute atomic E-state index is 12.6. The predicted octanol–water partition coefficient (Wildman–Crippen LogP) is 1.20. The molecule has 0 aromatic carbocycles. The Balaban J connectivity index is 2.79. The van der Waals surface area contributed by atoms with Crippen molar-refractivity contribution in [2.24, 2.45) is 0 Å². The number of hydrogen-bond donors (Lipinski definition) is 1. The molecule has 0 radical (unpaired) electrons. The number of rotatable bonds is 4. The summed E-state index contributed by atoms with van der Waals surface area (Å²) < 4.78 is 37.0. The Kier molecular flexibility index (Phi) is 3.65. The van der Waals surface area contributed by atoms with E-state index in [4.69, 9.17) is 11.6 Å². The zero-order valence-corrected chi connectivity index (χ0v) is 8.65. The molecule has 0 bridgehead atoms. The molecule has 0 saturated heterocycles. The molecule has 0 aliphatic rings. The van der Waals surface area contributed by atoms with E-state index >= 15 is 0 Å². The molecule has 0 spiro atoms. The van der Waals surface area contributed by atoms with Gasteiger partial charge in [0.1, 0.15) is 5.82 Å². The van der Waals surface area contributed by atoms with Crippen LogP contribution in [0.5, 0.6) is 0 Å². The number of nitrogens with zero attached hydrogens (tertiary/aromatic N) is 1. The molecule has 0 atom stereocenters. The van der Waals surface area contributed by atoms with Gasteiger partial charge in [-0.15, -0.1) is 11.6 Å². The van der Waals surface area contributed by atoms with Crippen LogP contribution in [0.2, 0.25) is 0 Å². The van der Waals surface area contributed by atoms with Crippen molar-refractivity contribution in [3.63, 3.8) is 0 Å².